The Morgan fingerprint density at radius 1 is 0.853 bits per heavy atom. The van der Waals surface area contributed by atoms with Crippen molar-refractivity contribution in [2.24, 2.45) is 0 Å². The van der Waals surface area contributed by atoms with Gasteiger partial charge in [0.1, 0.15) is 17.3 Å². The third kappa shape index (κ3) is 4.52. The number of rotatable bonds is 5. The molecule has 4 rings (SSSR count). The van der Waals surface area contributed by atoms with Gasteiger partial charge in [0, 0.05) is 34.6 Å². The van der Waals surface area contributed by atoms with E-state index in [-0.39, 0.29) is 22.8 Å². The fourth-order valence-corrected chi connectivity index (χ4v) is 4.31. The van der Waals surface area contributed by atoms with Gasteiger partial charge in [-0.3, -0.25) is 0 Å². The van der Waals surface area contributed by atoms with Crippen LogP contribution in [0.15, 0.2) is 54.9 Å². The summed E-state index contributed by atoms with van der Waals surface area (Å²) < 4.78 is 64.6. The Balaban J connectivity index is 1.69. The summed E-state index contributed by atoms with van der Waals surface area (Å²) in [6, 6.07) is 9.57. The lowest BCUT2D eigenvalue weighted by atomic mass is 10.0. The van der Waals surface area contributed by atoms with Crippen molar-refractivity contribution in [2.45, 2.75) is 45.5 Å². The van der Waals surface area contributed by atoms with Crippen molar-refractivity contribution in [3.8, 4) is 22.4 Å². The molecule has 0 spiro atoms. The summed E-state index contributed by atoms with van der Waals surface area (Å²) in [6.45, 7) is 10.1. The predicted molar refractivity (Wildman–Crippen MR) is 128 cm³/mol. The quantitative estimate of drug-likeness (QED) is 0.213. The Kier molecular flexibility index (Phi) is 6.16. The van der Waals surface area contributed by atoms with E-state index in [1.165, 1.54) is 18.2 Å². The molecule has 0 fully saturated rings. The molecule has 178 valence electrons. The Morgan fingerprint density at radius 2 is 1.53 bits per heavy atom. The lowest BCUT2D eigenvalue weighted by Crippen LogP contribution is -2.40. The number of benzene rings is 2. The van der Waals surface area contributed by atoms with Gasteiger partial charge in [-0.1, -0.05) is 20.8 Å². The van der Waals surface area contributed by atoms with E-state index in [1.807, 2.05) is 13.1 Å². The minimum atomic E-state index is -2.20. The van der Waals surface area contributed by atoms with Gasteiger partial charge < -0.3 is 8.83 Å². The zero-order valence-corrected chi connectivity index (χ0v) is 20.7. The van der Waals surface area contributed by atoms with Crippen molar-refractivity contribution >= 4 is 14.0 Å². The number of nitrogens with zero attached hydrogens (tertiary/aromatic N) is 2. The first kappa shape index (κ1) is 24.2. The summed E-state index contributed by atoms with van der Waals surface area (Å²) in [4.78, 5) is 4.43. The standard InChI is InChI=1S/C26H26F4N2OSi/c1-26(2,3)34(4,5)33-15-19-20(27)10-8-18(25(19)30)17-7-11-24-31-23(14-32(24)13-17)16-6-9-21(28)22(29)12-16/h6-14H,15H2,1-5H3. The summed E-state index contributed by atoms with van der Waals surface area (Å²) in [5, 5.41) is -0.0881. The molecule has 2 aromatic carbocycles. The van der Waals surface area contributed by atoms with Crippen LogP contribution in [0.5, 0.6) is 0 Å². The summed E-state index contributed by atoms with van der Waals surface area (Å²) in [7, 11) is -2.20. The molecule has 0 N–H and O–H groups in total. The predicted octanol–water partition coefficient (Wildman–Crippen LogP) is 7.75. The molecule has 0 amide bonds. The Bertz CT molecular complexity index is 1380. The van der Waals surface area contributed by atoms with Gasteiger partial charge in [-0.25, -0.2) is 22.5 Å². The van der Waals surface area contributed by atoms with Crippen molar-refractivity contribution in [1.29, 1.82) is 0 Å². The molecule has 0 aliphatic rings. The van der Waals surface area contributed by atoms with Crippen LogP contribution in [0.25, 0.3) is 28.0 Å². The van der Waals surface area contributed by atoms with Gasteiger partial charge in [0.2, 0.25) is 0 Å². The van der Waals surface area contributed by atoms with E-state index >= 15 is 4.39 Å². The normalized spacial score (nSPS) is 12.5. The Labute approximate surface area is 197 Å². The highest BCUT2D eigenvalue weighted by Gasteiger charge is 2.37. The number of halogens is 4. The van der Waals surface area contributed by atoms with Gasteiger partial charge in [-0.2, -0.15) is 0 Å². The van der Waals surface area contributed by atoms with Crippen molar-refractivity contribution in [2.75, 3.05) is 0 Å². The van der Waals surface area contributed by atoms with Gasteiger partial charge in [-0.05, 0) is 60.6 Å². The molecule has 34 heavy (non-hydrogen) atoms. The van der Waals surface area contributed by atoms with Gasteiger partial charge in [0.05, 0.1) is 12.3 Å². The van der Waals surface area contributed by atoms with Crippen LogP contribution in [0, 0.1) is 23.3 Å². The van der Waals surface area contributed by atoms with Crippen molar-refractivity contribution < 1.29 is 22.0 Å². The monoisotopic (exact) mass is 486 g/mol. The fourth-order valence-electron chi connectivity index (χ4n) is 3.37. The molecular formula is C26H26F4N2OSi. The average molecular weight is 487 g/mol. The second kappa shape index (κ2) is 8.67. The van der Waals surface area contributed by atoms with E-state index in [0.29, 0.717) is 22.5 Å². The molecular weight excluding hydrogens is 460 g/mol. The first-order chi connectivity index (χ1) is 15.9. The van der Waals surface area contributed by atoms with Crippen LogP contribution in [-0.4, -0.2) is 17.7 Å². The molecule has 2 aromatic heterocycles. The number of hydrogen-bond donors (Lipinski definition) is 0. The number of pyridine rings is 1. The van der Waals surface area contributed by atoms with Crippen molar-refractivity contribution in [1.82, 2.24) is 9.38 Å². The first-order valence-electron chi connectivity index (χ1n) is 10.9. The molecule has 0 radical (unpaired) electrons. The molecule has 0 aliphatic carbocycles. The second-order valence-electron chi connectivity index (χ2n) is 9.87. The lowest BCUT2D eigenvalue weighted by Gasteiger charge is -2.36. The van der Waals surface area contributed by atoms with Crippen LogP contribution in [0.2, 0.25) is 18.1 Å². The summed E-state index contributed by atoms with van der Waals surface area (Å²) in [5.41, 5.74) is 2.07. The zero-order valence-electron chi connectivity index (χ0n) is 19.7. The van der Waals surface area contributed by atoms with E-state index in [2.05, 4.69) is 25.8 Å². The number of fused-ring (bicyclic) bond motifs is 1. The van der Waals surface area contributed by atoms with E-state index < -0.39 is 31.6 Å². The fraction of sp³-hybridized carbons (Fsp3) is 0.269. The maximum atomic E-state index is 15.4. The second-order valence-corrected chi connectivity index (χ2v) is 14.7. The minimum Gasteiger partial charge on any atom is -0.412 e. The molecule has 0 aliphatic heterocycles. The van der Waals surface area contributed by atoms with Gasteiger partial charge in [-0.15, -0.1) is 0 Å². The molecule has 4 aromatic rings. The highest BCUT2D eigenvalue weighted by Crippen LogP contribution is 2.38. The van der Waals surface area contributed by atoms with Crippen LogP contribution in [-0.2, 0) is 11.0 Å². The van der Waals surface area contributed by atoms with E-state index in [0.717, 1.165) is 12.1 Å². The highest BCUT2D eigenvalue weighted by atomic mass is 28.4. The van der Waals surface area contributed by atoms with Crippen LogP contribution >= 0.6 is 0 Å². The Hall–Kier alpha value is -2.97. The lowest BCUT2D eigenvalue weighted by molar-refractivity contribution is 0.265. The maximum absolute atomic E-state index is 15.4. The van der Waals surface area contributed by atoms with Gasteiger partial charge >= 0.3 is 0 Å². The van der Waals surface area contributed by atoms with E-state index in [1.54, 1.807) is 28.9 Å². The molecule has 0 unspecified atom stereocenters. The summed E-state index contributed by atoms with van der Waals surface area (Å²) in [5.74, 6) is -3.21. The smallest absolute Gasteiger partial charge is 0.192 e. The zero-order chi connectivity index (χ0) is 24.8. The Morgan fingerprint density at radius 3 is 2.21 bits per heavy atom. The third-order valence-corrected chi connectivity index (χ3v) is 11.0. The van der Waals surface area contributed by atoms with Gasteiger partial charge in [0.15, 0.2) is 20.0 Å². The third-order valence-electron chi connectivity index (χ3n) is 6.55. The molecule has 8 heteroatoms. The molecule has 0 bridgehead atoms. The van der Waals surface area contributed by atoms with E-state index in [9.17, 15) is 13.2 Å². The summed E-state index contributed by atoms with van der Waals surface area (Å²) >= 11 is 0. The first-order valence-corrected chi connectivity index (χ1v) is 13.8. The minimum absolute atomic E-state index is 0.0881. The van der Waals surface area contributed by atoms with Crippen molar-refractivity contribution in [3.05, 3.63) is 83.7 Å². The van der Waals surface area contributed by atoms with Gasteiger partial charge in [0.25, 0.3) is 0 Å². The molecule has 0 saturated carbocycles. The van der Waals surface area contributed by atoms with E-state index in [4.69, 9.17) is 4.43 Å². The van der Waals surface area contributed by atoms with Crippen molar-refractivity contribution in [3.63, 3.8) is 0 Å². The van der Waals surface area contributed by atoms with Crippen LogP contribution in [0.1, 0.15) is 26.3 Å². The molecule has 0 atom stereocenters. The van der Waals surface area contributed by atoms with Crippen LogP contribution in [0.3, 0.4) is 0 Å². The molecule has 0 saturated heterocycles. The highest BCUT2D eigenvalue weighted by molar-refractivity contribution is 6.74. The average Bonchev–Trinajstić information content (AvgIpc) is 3.18. The molecule has 3 nitrogen and oxygen atoms in total. The number of aromatic nitrogens is 2. The maximum Gasteiger partial charge on any atom is 0.192 e. The summed E-state index contributed by atoms with van der Waals surface area (Å²) in [6.07, 6.45) is 3.31. The number of imidazole rings is 1. The topological polar surface area (TPSA) is 26.5 Å². The number of hydrogen-bond acceptors (Lipinski definition) is 2. The van der Waals surface area contributed by atoms with Crippen LogP contribution < -0.4 is 0 Å². The molecule has 2 heterocycles. The SMILES string of the molecule is CC(C)(C)[Si](C)(C)OCc1c(F)ccc(-c2ccc3nc(-c4ccc(F)c(F)c4)cn3c2)c1F. The largest absolute Gasteiger partial charge is 0.412 e. The van der Waals surface area contributed by atoms with Crippen LogP contribution in [0.4, 0.5) is 17.6 Å².